The zero-order chi connectivity index (χ0) is 29.1. The summed E-state index contributed by atoms with van der Waals surface area (Å²) in [4.78, 5) is 41.3. The Labute approximate surface area is 235 Å². The van der Waals surface area contributed by atoms with Gasteiger partial charge in [0.15, 0.2) is 0 Å². The summed E-state index contributed by atoms with van der Waals surface area (Å²) in [5.41, 5.74) is 2.72. The van der Waals surface area contributed by atoms with E-state index in [0.29, 0.717) is 22.6 Å². The first kappa shape index (κ1) is 28.6. The summed E-state index contributed by atoms with van der Waals surface area (Å²) in [6.45, 7) is 8.02. The molecule has 0 fully saturated rings. The van der Waals surface area contributed by atoms with Crippen molar-refractivity contribution in [1.29, 1.82) is 0 Å². The molecular weight excluding hydrogens is 506 g/mol. The largest absolute Gasteiger partial charge is 0.496 e. The average molecular weight is 542 g/mol. The molecule has 7 heteroatoms. The molecule has 0 saturated carbocycles. The predicted octanol–water partition coefficient (Wildman–Crippen LogP) is 5.88. The molecule has 7 nitrogen and oxygen atoms in total. The summed E-state index contributed by atoms with van der Waals surface area (Å²) in [6.07, 6.45) is 3.16. The number of ether oxygens (including phenoxy) is 3. The number of amides is 1. The fraction of sp³-hybridized carbons (Fsp3) is 0.303. The van der Waals surface area contributed by atoms with Crippen LogP contribution in [-0.4, -0.2) is 37.6 Å². The standard InChI is InChI=1S/C33H35NO6/c1-32(2,3)26-17-15-24(19-28(26)38-5)30(36)34-27-14-10-13-23(16-18-29(35)39-6)25(27)20-33(34,4)31(37)40-21-22-11-8-7-9-12-22/h7-19H,20-21H2,1-6H3. The van der Waals surface area contributed by atoms with Crippen molar-refractivity contribution in [2.24, 2.45) is 0 Å². The predicted molar refractivity (Wildman–Crippen MR) is 154 cm³/mol. The molecule has 0 bridgehead atoms. The SMILES string of the molecule is COC(=O)C=Cc1cccc2c1CC(C)(C(=O)OCc1ccccc1)N2C(=O)c1ccc(C(C)(C)C)c(OC)c1. The van der Waals surface area contributed by atoms with Gasteiger partial charge < -0.3 is 14.2 Å². The minimum Gasteiger partial charge on any atom is -0.496 e. The van der Waals surface area contributed by atoms with Crippen LogP contribution >= 0.6 is 0 Å². The lowest BCUT2D eigenvalue weighted by Crippen LogP contribution is -2.54. The van der Waals surface area contributed by atoms with Gasteiger partial charge in [0.05, 0.1) is 14.2 Å². The van der Waals surface area contributed by atoms with E-state index in [4.69, 9.17) is 14.2 Å². The highest BCUT2D eigenvalue weighted by Crippen LogP contribution is 2.43. The maximum atomic E-state index is 14.2. The van der Waals surface area contributed by atoms with Crippen LogP contribution in [0.1, 0.15) is 60.3 Å². The molecule has 0 spiro atoms. The maximum Gasteiger partial charge on any atom is 0.332 e. The zero-order valence-corrected chi connectivity index (χ0v) is 23.8. The Morgan fingerprint density at radius 2 is 1.70 bits per heavy atom. The van der Waals surface area contributed by atoms with Crippen molar-refractivity contribution in [2.75, 3.05) is 19.1 Å². The second-order valence-corrected chi connectivity index (χ2v) is 11.0. The van der Waals surface area contributed by atoms with E-state index in [2.05, 4.69) is 20.8 Å². The van der Waals surface area contributed by atoms with Crippen LogP contribution in [0.25, 0.3) is 6.08 Å². The molecule has 1 heterocycles. The van der Waals surface area contributed by atoms with Gasteiger partial charge in [0.2, 0.25) is 0 Å². The molecule has 0 aromatic heterocycles. The van der Waals surface area contributed by atoms with Gasteiger partial charge >= 0.3 is 11.9 Å². The van der Waals surface area contributed by atoms with Crippen LogP contribution in [0.3, 0.4) is 0 Å². The lowest BCUT2D eigenvalue weighted by atomic mass is 9.85. The second-order valence-electron chi connectivity index (χ2n) is 11.0. The third-order valence-electron chi connectivity index (χ3n) is 7.16. The summed E-state index contributed by atoms with van der Waals surface area (Å²) < 4.78 is 16.2. The molecule has 3 aromatic rings. The zero-order valence-electron chi connectivity index (χ0n) is 23.8. The van der Waals surface area contributed by atoms with Crippen LogP contribution in [0.4, 0.5) is 5.69 Å². The van der Waals surface area contributed by atoms with Gasteiger partial charge in [-0.3, -0.25) is 9.69 Å². The van der Waals surface area contributed by atoms with Gasteiger partial charge in [-0.1, -0.05) is 69.3 Å². The molecule has 1 amide bonds. The smallest absolute Gasteiger partial charge is 0.332 e. The van der Waals surface area contributed by atoms with Crippen LogP contribution in [-0.2, 0) is 37.5 Å². The molecule has 208 valence electrons. The lowest BCUT2D eigenvalue weighted by Gasteiger charge is -2.34. The van der Waals surface area contributed by atoms with E-state index in [1.165, 1.54) is 18.1 Å². The van der Waals surface area contributed by atoms with E-state index >= 15 is 0 Å². The van der Waals surface area contributed by atoms with Crippen molar-refractivity contribution in [2.45, 2.75) is 51.7 Å². The number of anilines is 1. The Kier molecular flexibility index (Phi) is 8.14. The van der Waals surface area contributed by atoms with Gasteiger partial charge in [0.25, 0.3) is 5.91 Å². The topological polar surface area (TPSA) is 82.1 Å². The van der Waals surface area contributed by atoms with Crippen LogP contribution in [0.5, 0.6) is 5.75 Å². The van der Waals surface area contributed by atoms with Crippen molar-refractivity contribution < 1.29 is 28.6 Å². The molecule has 0 radical (unpaired) electrons. The highest BCUT2D eigenvalue weighted by Gasteiger charge is 2.51. The average Bonchev–Trinajstić information content (AvgIpc) is 3.27. The fourth-order valence-corrected chi connectivity index (χ4v) is 5.01. The molecule has 0 aliphatic carbocycles. The number of rotatable bonds is 7. The number of esters is 2. The van der Waals surface area contributed by atoms with Gasteiger partial charge in [-0.05, 0) is 58.9 Å². The van der Waals surface area contributed by atoms with Crippen molar-refractivity contribution in [3.8, 4) is 5.75 Å². The highest BCUT2D eigenvalue weighted by atomic mass is 16.5. The van der Waals surface area contributed by atoms with E-state index in [9.17, 15) is 14.4 Å². The molecule has 4 rings (SSSR count). The Hall–Kier alpha value is -4.39. The number of benzene rings is 3. The Balaban J connectivity index is 1.78. The van der Waals surface area contributed by atoms with Crippen molar-refractivity contribution in [3.05, 3.63) is 101 Å². The van der Waals surface area contributed by atoms with Gasteiger partial charge in [0.1, 0.15) is 17.9 Å². The van der Waals surface area contributed by atoms with Gasteiger partial charge in [-0.2, -0.15) is 0 Å². The number of carbonyl (C=O) groups excluding carboxylic acids is 3. The minimum atomic E-state index is -1.33. The highest BCUT2D eigenvalue weighted by molar-refractivity contribution is 6.13. The summed E-state index contributed by atoms with van der Waals surface area (Å²) in [5.74, 6) is -0.784. The Morgan fingerprint density at radius 3 is 2.35 bits per heavy atom. The first-order chi connectivity index (χ1) is 19.0. The molecule has 1 aliphatic rings. The van der Waals surface area contributed by atoms with Gasteiger partial charge in [-0.25, -0.2) is 9.59 Å². The Bertz CT molecular complexity index is 1450. The maximum absolute atomic E-state index is 14.2. The summed E-state index contributed by atoms with van der Waals surface area (Å²) in [6, 6.07) is 20.2. The molecule has 3 aromatic carbocycles. The third kappa shape index (κ3) is 5.64. The molecule has 0 saturated heterocycles. The van der Waals surface area contributed by atoms with Crippen LogP contribution in [0.15, 0.2) is 72.8 Å². The van der Waals surface area contributed by atoms with E-state index in [1.54, 1.807) is 44.4 Å². The van der Waals surface area contributed by atoms with Crippen molar-refractivity contribution >= 4 is 29.6 Å². The van der Waals surface area contributed by atoms with Gasteiger partial charge in [0, 0.05) is 23.7 Å². The first-order valence-corrected chi connectivity index (χ1v) is 13.1. The monoisotopic (exact) mass is 541 g/mol. The number of hydrogen-bond donors (Lipinski definition) is 0. The number of fused-ring (bicyclic) bond motifs is 1. The second kappa shape index (κ2) is 11.4. The molecular formula is C33H35NO6. The van der Waals surface area contributed by atoms with E-state index in [0.717, 1.165) is 16.7 Å². The normalized spacial score (nSPS) is 16.5. The fourth-order valence-electron chi connectivity index (χ4n) is 5.01. The summed E-state index contributed by atoms with van der Waals surface area (Å²) in [5, 5.41) is 0. The Morgan fingerprint density at radius 1 is 0.975 bits per heavy atom. The third-order valence-corrected chi connectivity index (χ3v) is 7.16. The molecule has 1 atom stereocenters. The van der Waals surface area contributed by atoms with Crippen LogP contribution in [0, 0.1) is 0 Å². The summed E-state index contributed by atoms with van der Waals surface area (Å²) in [7, 11) is 2.89. The van der Waals surface area contributed by atoms with Crippen molar-refractivity contribution in [3.63, 3.8) is 0 Å². The van der Waals surface area contributed by atoms with Crippen molar-refractivity contribution in [1.82, 2.24) is 0 Å². The van der Waals surface area contributed by atoms with Crippen LogP contribution in [0.2, 0.25) is 0 Å². The molecule has 1 aliphatic heterocycles. The van der Waals surface area contributed by atoms with E-state index < -0.39 is 17.5 Å². The first-order valence-electron chi connectivity index (χ1n) is 13.1. The molecule has 40 heavy (non-hydrogen) atoms. The number of hydrogen-bond acceptors (Lipinski definition) is 6. The lowest BCUT2D eigenvalue weighted by molar-refractivity contribution is -0.150. The number of carbonyl (C=O) groups is 3. The van der Waals surface area contributed by atoms with E-state index in [-0.39, 0.29) is 24.3 Å². The molecule has 1 unspecified atom stereocenters. The molecule has 0 N–H and O–H groups in total. The van der Waals surface area contributed by atoms with E-state index in [1.807, 2.05) is 42.5 Å². The minimum absolute atomic E-state index is 0.0802. The quantitative estimate of drug-likeness (QED) is 0.274. The number of methoxy groups -OCH3 is 2. The van der Waals surface area contributed by atoms with Gasteiger partial charge in [-0.15, -0.1) is 0 Å². The number of nitrogens with zero attached hydrogens (tertiary/aromatic N) is 1. The van der Waals surface area contributed by atoms with Crippen LogP contribution < -0.4 is 9.64 Å². The summed E-state index contributed by atoms with van der Waals surface area (Å²) >= 11 is 0.